The standard InChI is InChI=1S/C24H31N3O3/c28-23(15-19-16-30-22-14-18-6-4-5-17(18)13-21(19)22)26-9-11-27(12-10-26)24(29)25-20-7-2-1-3-8-20/h13-14,16,20H,1-12,15H2,(H,25,29). The third kappa shape index (κ3) is 3.92. The topological polar surface area (TPSA) is 65.8 Å². The van der Waals surface area contributed by atoms with Crippen molar-refractivity contribution in [3.05, 3.63) is 35.1 Å². The Hall–Kier alpha value is -2.50. The van der Waals surface area contributed by atoms with Crippen molar-refractivity contribution in [3.63, 3.8) is 0 Å². The van der Waals surface area contributed by atoms with Crippen LogP contribution >= 0.6 is 0 Å². The summed E-state index contributed by atoms with van der Waals surface area (Å²) < 4.78 is 5.75. The molecule has 1 aliphatic heterocycles. The number of benzene rings is 1. The Labute approximate surface area is 177 Å². The molecular weight excluding hydrogens is 378 g/mol. The van der Waals surface area contributed by atoms with E-state index in [9.17, 15) is 9.59 Å². The molecule has 0 atom stereocenters. The summed E-state index contributed by atoms with van der Waals surface area (Å²) in [6, 6.07) is 4.72. The molecule has 2 heterocycles. The average molecular weight is 410 g/mol. The third-order valence-corrected chi connectivity index (χ3v) is 7.06. The van der Waals surface area contributed by atoms with Crippen molar-refractivity contribution in [2.45, 2.75) is 63.8 Å². The van der Waals surface area contributed by atoms with Gasteiger partial charge in [-0.05, 0) is 55.4 Å². The smallest absolute Gasteiger partial charge is 0.317 e. The van der Waals surface area contributed by atoms with Gasteiger partial charge in [-0.2, -0.15) is 0 Å². The van der Waals surface area contributed by atoms with Crippen LogP contribution in [0.2, 0.25) is 0 Å². The highest BCUT2D eigenvalue weighted by molar-refractivity contribution is 5.89. The van der Waals surface area contributed by atoms with Gasteiger partial charge in [0.2, 0.25) is 5.91 Å². The molecule has 0 spiro atoms. The molecule has 6 nitrogen and oxygen atoms in total. The first-order valence-corrected chi connectivity index (χ1v) is 11.5. The second-order valence-corrected chi connectivity index (χ2v) is 9.06. The summed E-state index contributed by atoms with van der Waals surface area (Å²) in [6.45, 7) is 2.40. The second kappa shape index (κ2) is 8.32. The van der Waals surface area contributed by atoms with Gasteiger partial charge in [0, 0.05) is 43.2 Å². The van der Waals surface area contributed by atoms with Gasteiger partial charge in [0.05, 0.1) is 12.7 Å². The summed E-state index contributed by atoms with van der Waals surface area (Å²) in [5.41, 5.74) is 4.65. The van der Waals surface area contributed by atoms with E-state index >= 15 is 0 Å². The van der Waals surface area contributed by atoms with Crippen molar-refractivity contribution in [1.29, 1.82) is 0 Å². The maximum absolute atomic E-state index is 12.9. The van der Waals surface area contributed by atoms with E-state index in [4.69, 9.17) is 4.42 Å². The molecule has 0 bridgehead atoms. The van der Waals surface area contributed by atoms with Crippen LogP contribution in [0.1, 0.15) is 55.2 Å². The lowest BCUT2D eigenvalue weighted by Crippen LogP contribution is -2.54. The highest BCUT2D eigenvalue weighted by Crippen LogP contribution is 2.30. The van der Waals surface area contributed by atoms with Gasteiger partial charge in [0.1, 0.15) is 5.58 Å². The Morgan fingerprint density at radius 2 is 1.63 bits per heavy atom. The van der Waals surface area contributed by atoms with Gasteiger partial charge in [0.25, 0.3) is 0 Å². The lowest BCUT2D eigenvalue weighted by molar-refractivity contribution is -0.131. The highest BCUT2D eigenvalue weighted by atomic mass is 16.3. The minimum Gasteiger partial charge on any atom is -0.464 e. The number of hydrogen-bond donors (Lipinski definition) is 1. The molecule has 30 heavy (non-hydrogen) atoms. The monoisotopic (exact) mass is 409 g/mol. The summed E-state index contributed by atoms with van der Waals surface area (Å²) in [4.78, 5) is 29.2. The number of carbonyl (C=O) groups excluding carboxylic acids is 2. The van der Waals surface area contributed by atoms with Crippen LogP contribution in [0.3, 0.4) is 0 Å². The highest BCUT2D eigenvalue weighted by Gasteiger charge is 2.26. The van der Waals surface area contributed by atoms with E-state index in [1.807, 2.05) is 9.80 Å². The number of carbonyl (C=O) groups is 2. The Kier molecular flexibility index (Phi) is 5.40. The third-order valence-electron chi connectivity index (χ3n) is 7.06. The number of hydrogen-bond acceptors (Lipinski definition) is 3. The van der Waals surface area contributed by atoms with E-state index in [-0.39, 0.29) is 11.9 Å². The van der Waals surface area contributed by atoms with Gasteiger partial charge < -0.3 is 19.5 Å². The fourth-order valence-electron chi connectivity index (χ4n) is 5.23. The molecule has 3 amide bonds. The summed E-state index contributed by atoms with van der Waals surface area (Å²) >= 11 is 0. The molecule has 160 valence electrons. The molecule has 3 aliphatic rings. The molecule has 6 heteroatoms. The molecule has 1 saturated heterocycles. The van der Waals surface area contributed by atoms with Crippen molar-refractivity contribution in [2.24, 2.45) is 0 Å². The molecule has 0 unspecified atom stereocenters. The number of furan rings is 1. The van der Waals surface area contributed by atoms with Crippen molar-refractivity contribution in [2.75, 3.05) is 26.2 Å². The van der Waals surface area contributed by atoms with Crippen LogP contribution in [0, 0.1) is 0 Å². The maximum atomic E-state index is 12.9. The minimum absolute atomic E-state index is 0.0312. The number of amides is 3. The summed E-state index contributed by atoms with van der Waals surface area (Å²) in [6.07, 6.45) is 11.4. The van der Waals surface area contributed by atoms with Crippen molar-refractivity contribution >= 4 is 22.9 Å². The van der Waals surface area contributed by atoms with Crippen molar-refractivity contribution in [3.8, 4) is 0 Å². The van der Waals surface area contributed by atoms with Crippen LogP contribution in [-0.2, 0) is 24.1 Å². The summed E-state index contributed by atoms with van der Waals surface area (Å²) in [5.74, 6) is 0.116. The number of nitrogens with zero attached hydrogens (tertiary/aromatic N) is 2. The van der Waals surface area contributed by atoms with Crippen molar-refractivity contribution in [1.82, 2.24) is 15.1 Å². The molecule has 2 fully saturated rings. The van der Waals surface area contributed by atoms with Gasteiger partial charge in [0.15, 0.2) is 0 Å². The van der Waals surface area contributed by atoms with Crippen LogP contribution in [-0.4, -0.2) is 54.0 Å². The Morgan fingerprint density at radius 1 is 0.933 bits per heavy atom. The number of piperazine rings is 1. The lowest BCUT2D eigenvalue weighted by atomic mass is 9.96. The predicted molar refractivity (Wildman–Crippen MR) is 116 cm³/mol. The zero-order valence-electron chi connectivity index (χ0n) is 17.6. The fraction of sp³-hybridized carbons (Fsp3) is 0.583. The summed E-state index contributed by atoms with van der Waals surface area (Å²) in [5, 5.41) is 4.26. The molecule has 0 radical (unpaired) electrons. The number of urea groups is 1. The van der Waals surface area contributed by atoms with Gasteiger partial charge in [-0.1, -0.05) is 19.3 Å². The SMILES string of the molecule is O=C(Cc1coc2cc3c(cc12)CCC3)N1CCN(C(=O)NC2CCCCC2)CC1. The molecule has 2 aliphatic carbocycles. The average Bonchev–Trinajstić information content (AvgIpc) is 3.39. The van der Waals surface area contributed by atoms with Gasteiger partial charge in [-0.25, -0.2) is 4.79 Å². The normalized spacial score (nSPS) is 19.9. The van der Waals surface area contributed by atoms with Crippen LogP contribution in [0.25, 0.3) is 11.0 Å². The van der Waals surface area contributed by atoms with Crippen LogP contribution in [0.15, 0.2) is 22.8 Å². The van der Waals surface area contributed by atoms with E-state index < -0.39 is 0 Å². The van der Waals surface area contributed by atoms with Gasteiger partial charge >= 0.3 is 6.03 Å². The van der Waals surface area contributed by atoms with E-state index in [2.05, 4.69) is 17.4 Å². The Morgan fingerprint density at radius 3 is 2.40 bits per heavy atom. The van der Waals surface area contributed by atoms with E-state index in [0.29, 0.717) is 38.6 Å². The fourth-order valence-corrected chi connectivity index (χ4v) is 5.23. The first-order valence-electron chi connectivity index (χ1n) is 11.5. The molecular formula is C24H31N3O3. The number of nitrogens with one attached hydrogen (secondary N) is 1. The Bertz CT molecular complexity index is 937. The lowest BCUT2D eigenvalue weighted by Gasteiger charge is -2.36. The maximum Gasteiger partial charge on any atom is 0.317 e. The second-order valence-electron chi connectivity index (χ2n) is 9.06. The van der Waals surface area contributed by atoms with E-state index in [1.54, 1.807) is 6.26 Å². The Balaban J connectivity index is 1.16. The van der Waals surface area contributed by atoms with E-state index in [1.165, 1.54) is 36.8 Å². The number of fused-ring (bicyclic) bond motifs is 2. The first kappa shape index (κ1) is 19.5. The van der Waals surface area contributed by atoms with Crippen molar-refractivity contribution < 1.29 is 14.0 Å². The predicted octanol–water partition coefficient (Wildman–Crippen LogP) is 3.65. The first-order chi connectivity index (χ1) is 14.7. The van der Waals surface area contributed by atoms with Gasteiger partial charge in [-0.15, -0.1) is 0 Å². The quantitative estimate of drug-likeness (QED) is 0.842. The molecule has 2 aromatic rings. The molecule has 1 N–H and O–H groups in total. The zero-order valence-corrected chi connectivity index (χ0v) is 17.6. The molecule has 5 rings (SSSR count). The molecule has 1 aromatic heterocycles. The van der Waals surface area contributed by atoms with E-state index in [0.717, 1.165) is 42.2 Å². The summed E-state index contributed by atoms with van der Waals surface area (Å²) in [7, 11) is 0. The van der Waals surface area contributed by atoms with Gasteiger partial charge in [-0.3, -0.25) is 4.79 Å². The number of aryl methyl sites for hydroxylation is 2. The largest absolute Gasteiger partial charge is 0.464 e. The zero-order chi connectivity index (χ0) is 20.5. The van der Waals surface area contributed by atoms with Crippen LogP contribution in [0.5, 0.6) is 0 Å². The van der Waals surface area contributed by atoms with Crippen LogP contribution in [0.4, 0.5) is 4.79 Å². The number of rotatable bonds is 3. The molecule has 1 aromatic carbocycles. The minimum atomic E-state index is 0.0312. The van der Waals surface area contributed by atoms with Crippen LogP contribution < -0.4 is 5.32 Å². The molecule has 1 saturated carbocycles.